The second-order valence-corrected chi connectivity index (χ2v) is 9.69. The van der Waals surface area contributed by atoms with E-state index in [4.69, 9.17) is 16.3 Å². The van der Waals surface area contributed by atoms with Crippen LogP contribution < -0.4 is 5.32 Å². The first-order valence-corrected chi connectivity index (χ1v) is 11.5. The summed E-state index contributed by atoms with van der Waals surface area (Å²) >= 11 is 7.36. The van der Waals surface area contributed by atoms with Crippen LogP contribution in [0.4, 0.5) is 5.82 Å². The molecule has 3 aromatic heterocycles. The molecule has 3 N–H and O–H groups in total. The molecule has 32 heavy (non-hydrogen) atoms. The number of hydrogen-bond acceptors (Lipinski definition) is 8. The molecule has 0 unspecified atom stereocenters. The number of pyridine rings is 1. The number of fused-ring (bicyclic) bond motifs is 2. The number of ether oxygens (including phenoxy) is 1. The topological polar surface area (TPSA) is 110 Å². The van der Waals surface area contributed by atoms with Gasteiger partial charge in [-0.15, -0.1) is 11.3 Å². The molecule has 3 aromatic rings. The molecule has 0 aromatic carbocycles. The van der Waals surface area contributed by atoms with E-state index in [1.165, 1.54) is 11.3 Å². The van der Waals surface area contributed by atoms with Gasteiger partial charge in [0.15, 0.2) is 5.82 Å². The summed E-state index contributed by atoms with van der Waals surface area (Å²) in [5.74, 6) is 5.97. The fourth-order valence-electron chi connectivity index (χ4n) is 4.79. The van der Waals surface area contributed by atoms with Crippen molar-refractivity contribution < 1.29 is 19.7 Å². The van der Waals surface area contributed by atoms with Crippen LogP contribution >= 0.6 is 22.9 Å². The Hall–Kier alpha value is -2.64. The summed E-state index contributed by atoms with van der Waals surface area (Å²) in [6.07, 6.45) is -0.236. The summed E-state index contributed by atoms with van der Waals surface area (Å²) in [7, 11) is 1.75. The minimum Gasteiger partial charge on any atom is -0.465 e. The Labute approximate surface area is 193 Å². The van der Waals surface area contributed by atoms with Gasteiger partial charge in [0.25, 0.3) is 0 Å². The number of rotatable bonds is 4. The fraction of sp³-hybridized carbons (Fsp3) is 0.409. The van der Waals surface area contributed by atoms with Crippen LogP contribution in [0, 0.1) is 23.2 Å². The molecule has 0 saturated heterocycles. The van der Waals surface area contributed by atoms with Gasteiger partial charge < -0.3 is 24.8 Å². The lowest BCUT2D eigenvalue weighted by Gasteiger charge is -2.23. The molecular formula is C22H21ClN4O4S. The molecule has 2 aliphatic carbocycles. The van der Waals surface area contributed by atoms with Crippen molar-refractivity contribution in [2.24, 2.45) is 11.3 Å². The third-order valence-corrected chi connectivity index (χ3v) is 7.48. The molecule has 5 atom stereocenters. The predicted octanol–water partition coefficient (Wildman–Crippen LogP) is 2.43. The van der Waals surface area contributed by atoms with E-state index in [2.05, 4.69) is 27.1 Å². The molecule has 2 fully saturated rings. The summed E-state index contributed by atoms with van der Waals surface area (Å²) < 4.78 is 7.67. The zero-order chi connectivity index (χ0) is 22.6. The van der Waals surface area contributed by atoms with Gasteiger partial charge in [-0.1, -0.05) is 11.6 Å². The van der Waals surface area contributed by atoms with E-state index in [9.17, 15) is 15.0 Å². The smallest absolute Gasteiger partial charge is 0.315 e. The molecule has 0 amide bonds. The van der Waals surface area contributed by atoms with Gasteiger partial charge in [0, 0.05) is 13.0 Å². The van der Waals surface area contributed by atoms with E-state index in [1.807, 2.05) is 10.6 Å². The Morgan fingerprint density at radius 2 is 2.25 bits per heavy atom. The number of hydrogen-bond donors (Lipinski definition) is 3. The van der Waals surface area contributed by atoms with Gasteiger partial charge >= 0.3 is 5.97 Å². The maximum atomic E-state index is 12.6. The van der Waals surface area contributed by atoms with Crippen molar-refractivity contribution in [1.82, 2.24) is 14.5 Å². The van der Waals surface area contributed by atoms with Crippen molar-refractivity contribution in [3.05, 3.63) is 39.4 Å². The molecule has 0 spiro atoms. The average molecular weight is 473 g/mol. The maximum Gasteiger partial charge on any atom is 0.315 e. The molecule has 166 valence electrons. The minimum atomic E-state index is -1.19. The third-order valence-electron chi connectivity index (χ3n) is 6.34. The Morgan fingerprint density at radius 1 is 1.44 bits per heavy atom. The number of anilines is 1. The van der Waals surface area contributed by atoms with Crippen molar-refractivity contribution in [3.63, 3.8) is 0 Å². The van der Waals surface area contributed by atoms with Crippen LogP contribution in [-0.2, 0) is 9.53 Å². The van der Waals surface area contributed by atoms with E-state index in [-0.39, 0.29) is 12.5 Å². The number of halogens is 1. The Bertz CT molecular complexity index is 1280. The average Bonchev–Trinajstić information content (AvgIpc) is 3.03. The quantitative estimate of drug-likeness (QED) is 0.395. The zero-order valence-electron chi connectivity index (χ0n) is 17.4. The van der Waals surface area contributed by atoms with Crippen LogP contribution in [0.25, 0.3) is 11.0 Å². The number of carbonyl (C=O) groups is 1. The molecule has 2 aliphatic rings. The van der Waals surface area contributed by atoms with Crippen molar-refractivity contribution in [1.29, 1.82) is 0 Å². The summed E-state index contributed by atoms with van der Waals surface area (Å²) in [6, 6.07) is 4.93. The monoisotopic (exact) mass is 472 g/mol. The largest absolute Gasteiger partial charge is 0.465 e. The number of aliphatic hydroxyl groups is 2. The highest BCUT2D eigenvalue weighted by Crippen LogP contribution is 2.68. The molecule has 3 heterocycles. The standard InChI is InChI=1S/C22H21ClN4O4S/c1-3-31-21(30)22-9-13(22)17(18(28)19(22)29)27-10-25-16-14(27)8-11(26-20(16)24-2)4-5-12-6-7-15(23)32-12/h6-8,10,13,17-19,28-29H,3,9H2,1-2H3,(H,24,26)/t13-,17-,18+,19+,22+/m1/s1. The summed E-state index contributed by atoms with van der Waals surface area (Å²) in [5, 5.41) is 24.6. The molecule has 2 saturated carbocycles. The number of carbonyl (C=O) groups excluding carboxylic acids is 1. The molecule has 0 bridgehead atoms. The van der Waals surface area contributed by atoms with Crippen molar-refractivity contribution in [2.75, 3.05) is 19.0 Å². The third kappa shape index (κ3) is 3.10. The maximum absolute atomic E-state index is 12.6. The van der Waals surface area contributed by atoms with Gasteiger partial charge in [0.2, 0.25) is 0 Å². The lowest BCUT2D eigenvalue weighted by atomic mass is 9.99. The Kier molecular flexibility index (Phi) is 5.13. The van der Waals surface area contributed by atoms with Crippen LogP contribution in [0.5, 0.6) is 0 Å². The number of aliphatic hydroxyl groups excluding tert-OH is 2. The lowest BCUT2D eigenvalue weighted by Crippen LogP contribution is -2.38. The van der Waals surface area contributed by atoms with Gasteiger partial charge in [0.05, 0.1) is 39.8 Å². The van der Waals surface area contributed by atoms with Crippen LogP contribution in [-0.4, -0.2) is 56.6 Å². The number of imidazole rings is 1. The SMILES string of the molecule is CCOC(=O)[C@@]12C[C@@H]1[C@@H](n1cnc3c(NC)nc(C#Cc4ccc(Cl)s4)cc31)[C@H](O)[C@@H]2O. The van der Waals surface area contributed by atoms with Crippen LogP contribution in [0.15, 0.2) is 24.5 Å². The summed E-state index contributed by atoms with van der Waals surface area (Å²) in [6.45, 7) is 1.95. The van der Waals surface area contributed by atoms with Crippen LogP contribution in [0.1, 0.15) is 30.0 Å². The number of esters is 1. The van der Waals surface area contributed by atoms with Gasteiger partial charge in [0.1, 0.15) is 22.7 Å². The van der Waals surface area contributed by atoms with Gasteiger partial charge in [-0.05, 0) is 43.4 Å². The number of nitrogens with one attached hydrogen (secondary N) is 1. The molecule has 10 heteroatoms. The zero-order valence-corrected chi connectivity index (χ0v) is 18.9. The van der Waals surface area contributed by atoms with E-state index < -0.39 is 29.6 Å². The fourth-order valence-corrected chi connectivity index (χ4v) is 5.69. The number of aromatic nitrogens is 3. The Morgan fingerprint density at radius 3 is 2.94 bits per heavy atom. The molecule has 8 nitrogen and oxygen atoms in total. The second kappa shape index (κ2) is 7.74. The van der Waals surface area contributed by atoms with Gasteiger partial charge in [-0.25, -0.2) is 9.97 Å². The van der Waals surface area contributed by atoms with Crippen molar-refractivity contribution in [2.45, 2.75) is 31.6 Å². The van der Waals surface area contributed by atoms with Crippen LogP contribution in [0.3, 0.4) is 0 Å². The number of nitrogens with zero attached hydrogens (tertiary/aromatic N) is 3. The summed E-state index contributed by atoms with van der Waals surface area (Å²) in [4.78, 5) is 22.4. The van der Waals surface area contributed by atoms with E-state index in [1.54, 1.807) is 32.4 Å². The molecule has 0 aliphatic heterocycles. The highest BCUT2D eigenvalue weighted by Gasteiger charge is 2.76. The van der Waals surface area contributed by atoms with E-state index in [0.29, 0.717) is 33.3 Å². The van der Waals surface area contributed by atoms with Crippen molar-refractivity contribution in [3.8, 4) is 11.8 Å². The highest BCUT2D eigenvalue weighted by atomic mass is 35.5. The van der Waals surface area contributed by atoms with Gasteiger partial charge in [-0.3, -0.25) is 4.79 Å². The van der Waals surface area contributed by atoms with Crippen molar-refractivity contribution >= 4 is 45.8 Å². The Balaban J connectivity index is 1.56. The first-order chi connectivity index (χ1) is 15.4. The predicted molar refractivity (Wildman–Crippen MR) is 121 cm³/mol. The highest BCUT2D eigenvalue weighted by molar-refractivity contribution is 7.16. The van der Waals surface area contributed by atoms with E-state index >= 15 is 0 Å². The van der Waals surface area contributed by atoms with E-state index in [0.717, 1.165) is 4.88 Å². The summed E-state index contributed by atoms with van der Waals surface area (Å²) in [5.41, 5.74) is 0.791. The first kappa shape index (κ1) is 21.2. The molecule has 0 radical (unpaired) electrons. The lowest BCUT2D eigenvalue weighted by molar-refractivity contribution is -0.156. The first-order valence-electron chi connectivity index (χ1n) is 10.3. The number of thiophene rings is 1. The molecular weight excluding hydrogens is 452 g/mol. The second-order valence-electron chi connectivity index (χ2n) is 7.98. The van der Waals surface area contributed by atoms with Gasteiger partial charge in [-0.2, -0.15) is 0 Å². The molecule has 5 rings (SSSR count). The van der Waals surface area contributed by atoms with Crippen LogP contribution in [0.2, 0.25) is 4.34 Å². The minimum absolute atomic E-state index is 0.226. The normalized spacial score (nSPS) is 28.2.